The van der Waals surface area contributed by atoms with E-state index in [1.165, 1.54) is 26.4 Å². The molecule has 2 aromatic carbocycles. The second kappa shape index (κ2) is 10.1. The predicted octanol–water partition coefficient (Wildman–Crippen LogP) is 3.21. The molecule has 0 radical (unpaired) electrons. The molecular weight excluding hydrogens is 366 g/mol. The zero-order chi connectivity index (χ0) is 20.5. The highest BCUT2D eigenvalue weighted by Gasteiger charge is 2.17. The molecule has 150 valence electrons. The average Bonchev–Trinajstić information content (AvgIpc) is 2.70. The molecule has 2 aromatic rings. The number of carbonyl (C=O) groups excluding carboxylic acids is 1. The maximum absolute atomic E-state index is 12.2. The summed E-state index contributed by atoms with van der Waals surface area (Å²) < 4.78 is 21.3. The number of hydrogen-bond acceptors (Lipinski definition) is 6. The maximum Gasteiger partial charge on any atom is 0.335 e. The van der Waals surface area contributed by atoms with Crippen molar-refractivity contribution in [3.05, 3.63) is 42.0 Å². The fourth-order valence-electron chi connectivity index (χ4n) is 2.37. The van der Waals surface area contributed by atoms with Gasteiger partial charge in [-0.15, -0.1) is 0 Å². The summed E-state index contributed by atoms with van der Waals surface area (Å²) in [6, 6.07) is 9.52. The van der Waals surface area contributed by atoms with Crippen LogP contribution < -0.4 is 24.3 Å². The van der Waals surface area contributed by atoms with Crippen LogP contribution in [-0.4, -0.2) is 44.4 Å². The molecule has 0 atom stereocenters. The Morgan fingerprint density at radius 2 is 1.64 bits per heavy atom. The molecule has 0 spiro atoms. The van der Waals surface area contributed by atoms with Crippen LogP contribution >= 0.6 is 0 Å². The lowest BCUT2D eigenvalue weighted by Gasteiger charge is -2.15. The smallest absolute Gasteiger partial charge is 0.335 e. The van der Waals surface area contributed by atoms with E-state index in [2.05, 4.69) is 5.32 Å². The van der Waals surface area contributed by atoms with Gasteiger partial charge in [0.2, 0.25) is 0 Å². The number of anilines is 1. The van der Waals surface area contributed by atoms with Gasteiger partial charge in [0.05, 0.1) is 32.1 Å². The summed E-state index contributed by atoms with van der Waals surface area (Å²) >= 11 is 0. The number of aromatic carboxylic acids is 1. The van der Waals surface area contributed by atoms with Crippen LogP contribution in [0.4, 0.5) is 5.69 Å². The minimum atomic E-state index is -1.15. The normalized spacial score (nSPS) is 10.1. The molecule has 0 aliphatic carbocycles. The Balaban J connectivity index is 2.04. The molecule has 0 saturated carbocycles. The molecule has 0 aliphatic rings. The number of nitrogens with one attached hydrogen (secondary N) is 1. The summed E-state index contributed by atoms with van der Waals surface area (Å²) in [4.78, 5) is 23.5. The number of ether oxygens (including phenoxy) is 4. The van der Waals surface area contributed by atoms with E-state index in [0.717, 1.165) is 12.2 Å². The first-order chi connectivity index (χ1) is 13.5. The Labute approximate surface area is 163 Å². The standard InChI is InChI=1S/C20H23NO7/c1-4-9-27-14-5-7-15(8-6-14)28-12-18(22)21-16-10-13(20(23)24)11-17(25-2)19(16)26-3/h5-8,10-11H,4,9,12H2,1-3H3,(H,21,22)(H,23,24). The molecular formula is C20H23NO7. The Kier molecular flexibility index (Phi) is 7.50. The fraction of sp³-hybridized carbons (Fsp3) is 0.300. The number of amides is 1. The predicted molar refractivity (Wildman–Crippen MR) is 103 cm³/mol. The largest absolute Gasteiger partial charge is 0.494 e. The number of carboxylic acid groups (broad SMARTS) is 1. The minimum absolute atomic E-state index is 0.0449. The zero-order valence-electron chi connectivity index (χ0n) is 16.0. The van der Waals surface area contributed by atoms with E-state index in [1.807, 2.05) is 6.92 Å². The first kappa shape index (κ1) is 20.9. The van der Waals surface area contributed by atoms with Crippen LogP contribution in [0.2, 0.25) is 0 Å². The Morgan fingerprint density at radius 1 is 1.00 bits per heavy atom. The summed E-state index contributed by atoms with van der Waals surface area (Å²) in [5, 5.41) is 11.8. The van der Waals surface area contributed by atoms with Crippen LogP contribution in [0.5, 0.6) is 23.0 Å². The molecule has 0 heterocycles. The lowest BCUT2D eigenvalue weighted by Crippen LogP contribution is -2.21. The maximum atomic E-state index is 12.2. The molecule has 0 fully saturated rings. The number of carboxylic acids is 1. The van der Waals surface area contributed by atoms with Gasteiger partial charge in [0, 0.05) is 0 Å². The van der Waals surface area contributed by atoms with Gasteiger partial charge >= 0.3 is 5.97 Å². The van der Waals surface area contributed by atoms with E-state index in [9.17, 15) is 14.7 Å². The topological polar surface area (TPSA) is 103 Å². The van der Waals surface area contributed by atoms with E-state index in [0.29, 0.717) is 12.4 Å². The van der Waals surface area contributed by atoms with Crippen LogP contribution in [0.25, 0.3) is 0 Å². The van der Waals surface area contributed by atoms with Crippen LogP contribution in [0, 0.1) is 0 Å². The molecule has 2 rings (SSSR count). The van der Waals surface area contributed by atoms with Crippen molar-refractivity contribution in [1.82, 2.24) is 0 Å². The van der Waals surface area contributed by atoms with Gasteiger partial charge < -0.3 is 29.4 Å². The van der Waals surface area contributed by atoms with E-state index in [1.54, 1.807) is 24.3 Å². The summed E-state index contributed by atoms with van der Waals surface area (Å²) in [6.45, 7) is 2.38. The summed E-state index contributed by atoms with van der Waals surface area (Å²) in [7, 11) is 2.78. The zero-order valence-corrected chi connectivity index (χ0v) is 16.0. The number of rotatable bonds is 10. The van der Waals surface area contributed by atoms with Gasteiger partial charge in [-0.3, -0.25) is 4.79 Å². The van der Waals surface area contributed by atoms with Crippen LogP contribution in [0.3, 0.4) is 0 Å². The van der Waals surface area contributed by atoms with Gasteiger partial charge in [0.15, 0.2) is 18.1 Å². The summed E-state index contributed by atoms with van der Waals surface area (Å²) in [5.41, 5.74) is 0.132. The van der Waals surface area contributed by atoms with Crippen molar-refractivity contribution in [2.45, 2.75) is 13.3 Å². The van der Waals surface area contributed by atoms with Crippen LogP contribution in [-0.2, 0) is 4.79 Å². The monoisotopic (exact) mass is 389 g/mol. The van der Waals surface area contributed by atoms with Gasteiger partial charge in [-0.1, -0.05) is 6.92 Å². The van der Waals surface area contributed by atoms with Gasteiger partial charge in [-0.25, -0.2) is 4.79 Å². The fourth-order valence-corrected chi connectivity index (χ4v) is 2.37. The highest BCUT2D eigenvalue weighted by atomic mass is 16.5. The third-order valence-electron chi connectivity index (χ3n) is 3.67. The second-order valence-electron chi connectivity index (χ2n) is 5.72. The molecule has 2 N–H and O–H groups in total. The first-order valence-electron chi connectivity index (χ1n) is 8.63. The molecule has 0 aromatic heterocycles. The van der Waals surface area contributed by atoms with Gasteiger partial charge in [0.1, 0.15) is 11.5 Å². The highest BCUT2D eigenvalue weighted by Crippen LogP contribution is 2.36. The van der Waals surface area contributed by atoms with Crippen molar-refractivity contribution in [1.29, 1.82) is 0 Å². The van der Waals surface area contributed by atoms with Crippen molar-refractivity contribution in [2.75, 3.05) is 32.8 Å². The quantitative estimate of drug-likeness (QED) is 0.643. The van der Waals surface area contributed by atoms with Gasteiger partial charge in [-0.2, -0.15) is 0 Å². The molecule has 8 heteroatoms. The summed E-state index contributed by atoms with van der Waals surface area (Å²) in [6.07, 6.45) is 0.912. The van der Waals surface area contributed by atoms with Crippen molar-refractivity contribution < 1.29 is 33.6 Å². The van der Waals surface area contributed by atoms with Gasteiger partial charge in [0.25, 0.3) is 5.91 Å². The molecule has 0 saturated heterocycles. The number of carbonyl (C=O) groups is 2. The number of benzene rings is 2. The molecule has 0 aliphatic heterocycles. The lowest BCUT2D eigenvalue weighted by molar-refractivity contribution is -0.118. The minimum Gasteiger partial charge on any atom is -0.494 e. The third-order valence-corrected chi connectivity index (χ3v) is 3.67. The van der Waals surface area contributed by atoms with Crippen LogP contribution in [0.15, 0.2) is 36.4 Å². The van der Waals surface area contributed by atoms with E-state index in [4.69, 9.17) is 18.9 Å². The van der Waals surface area contributed by atoms with Crippen LogP contribution in [0.1, 0.15) is 23.7 Å². The van der Waals surface area contributed by atoms with E-state index in [-0.39, 0.29) is 29.4 Å². The Bertz CT molecular complexity index is 818. The lowest BCUT2D eigenvalue weighted by atomic mass is 10.1. The first-order valence-corrected chi connectivity index (χ1v) is 8.63. The highest BCUT2D eigenvalue weighted by molar-refractivity contribution is 5.97. The van der Waals surface area contributed by atoms with E-state index >= 15 is 0 Å². The molecule has 28 heavy (non-hydrogen) atoms. The third kappa shape index (κ3) is 5.54. The SMILES string of the molecule is CCCOc1ccc(OCC(=O)Nc2cc(C(=O)O)cc(OC)c2OC)cc1. The van der Waals surface area contributed by atoms with Crippen molar-refractivity contribution >= 4 is 17.6 Å². The number of hydrogen-bond donors (Lipinski definition) is 2. The van der Waals surface area contributed by atoms with E-state index < -0.39 is 11.9 Å². The number of methoxy groups -OCH3 is 2. The molecule has 8 nitrogen and oxygen atoms in total. The summed E-state index contributed by atoms with van der Waals surface area (Å²) in [5.74, 6) is 0.00986. The van der Waals surface area contributed by atoms with Crippen molar-refractivity contribution in [3.8, 4) is 23.0 Å². The molecule has 1 amide bonds. The molecule has 0 unspecified atom stereocenters. The second-order valence-corrected chi connectivity index (χ2v) is 5.72. The Morgan fingerprint density at radius 3 is 2.18 bits per heavy atom. The van der Waals surface area contributed by atoms with Crippen molar-refractivity contribution in [3.63, 3.8) is 0 Å². The molecule has 0 bridgehead atoms. The van der Waals surface area contributed by atoms with Gasteiger partial charge in [-0.05, 0) is 42.8 Å². The average molecular weight is 389 g/mol. The van der Waals surface area contributed by atoms with Crippen molar-refractivity contribution in [2.24, 2.45) is 0 Å². The Hall–Kier alpha value is -3.42.